The lowest BCUT2D eigenvalue weighted by molar-refractivity contribution is 0.589. The molecule has 2 rings (SSSR count). The number of rotatable bonds is 5. The number of benzene rings is 1. The van der Waals surface area contributed by atoms with E-state index in [-0.39, 0.29) is 6.04 Å². The molecule has 1 aromatic carbocycles. The fourth-order valence-electron chi connectivity index (χ4n) is 1.71. The molecule has 1 aromatic heterocycles. The number of hydrogen-bond acceptors (Lipinski definition) is 4. The molecule has 0 bridgehead atoms. The molecule has 0 saturated heterocycles. The van der Waals surface area contributed by atoms with E-state index < -0.39 is 0 Å². The summed E-state index contributed by atoms with van der Waals surface area (Å²) in [5.74, 6) is 0. The molecular formula is C13H16ClN3S. The van der Waals surface area contributed by atoms with Crippen LogP contribution in [-0.4, -0.2) is 16.7 Å². The van der Waals surface area contributed by atoms with Crippen LogP contribution < -0.4 is 5.32 Å². The van der Waals surface area contributed by atoms with E-state index in [0.717, 1.165) is 33.6 Å². The fourth-order valence-corrected chi connectivity index (χ4v) is 2.81. The van der Waals surface area contributed by atoms with Crippen LogP contribution in [0.3, 0.4) is 0 Å². The first kappa shape index (κ1) is 13.5. The van der Waals surface area contributed by atoms with Gasteiger partial charge in [0.2, 0.25) is 0 Å². The number of halogens is 1. The van der Waals surface area contributed by atoms with Gasteiger partial charge in [-0.1, -0.05) is 48.1 Å². The van der Waals surface area contributed by atoms with Crippen LogP contribution in [0.25, 0.3) is 0 Å². The molecule has 1 N–H and O–H groups in total. The molecule has 1 heterocycles. The van der Waals surface area contributed by atoms with Crippen LogP contribution in [0.1, 0.15) is 35.5 Å². The molecule has 0 aliphatic carbocycles. The Hall–Kier alpha value is -0.970. The van der Waals surface area contributed by atoms with Gasteiger partial charge in [-0.2, -0.15) is 0 Å². The monoisotopic (exact) mass is 281 g/mol. The molecule has 0 aliphatic heterocycles. The van der Waals surface area contributed by atoms with Gasteiger partial charge in [0.05, 0.1) is 6.04 Å². The second-order valence-corrected chi connectivity index (χ2v) is 5.58. The van der Waals surface area contributed by atoms with Crippen molar-refractivity contribution < 1.29 is 0 Å². The first-order valence-electron chi connectivity index (χ1n) is 5.99. The van der Waals surface area contributed by atoms with Crippen LogP contribution in [0.4, 0.5) is 0 Å². The lowest BCUT2D eigenvalue weighted by Gasteiger charge is -2.06. The van der Waals surface area contributed by atoms with Gasteiger partial charge in [-0.25, -0.2) is 0 Å². The maximum absolute atomic E-state index is 6.14. The second-order valence-electron chi connectivity index (χ2n) is 4.08. The van der Waals surface area contributed by atoms with Gasteiger partial charge in [-0.3, -0.25) is 0 Å². The Morgan fingerprint density at radius 2 is 2.11 bits per heavy atom. The zero-order chi connectivity index (χ0) is 13.0. The summed E-state index contributed by atoms with van der Waals surface area (Å²) in [6, 6.07) is 8.11. The Bertz CT molecular complexity index is 512. The van der Waals surface area contributed by atoms with Crippen molar-refractivity contribution in [3.05, 3.63) is 44.9 Å². The third kappa shape index (κ3) is 3.28. The quantitative estimate of drug-likeness (QED) is 0.912. The summed E-state index contributed by atoms with van der Waals surface area (Å²) >= 11 is 7.78. The standard InChI is InChI=1S/C13H16ClN3S/c1-3-15-9(2)13-17-16-12(18-13)8-10-6-4-5-7-11(10)14/h4-7,9,15H,3,8H2,1-2H3. The maximum atomic E-state index is 6.14. The van der Waals surface area contributed by atoms with Gasteiger partial charge in [0.25, 0.3) is 0 Å². The fraction of sp³-hybridized carbons (Fsp3) is 0.385. The van der Waals surface area contributed by atoms with Crippen molar-refractivity contribution in [1.82, 2.24) is 15.5 Å². The van der Waals surface area contributed by atoms with Gasteiger partial charge in [0.1, 0.15) is 10.0 Å². The summed E-state index contributed by atoms with van der Waals surface area (Å²) in [7, 11) is 0. The maximum Gasteiger partial charge on any atom is 0.134 e. The number of nitrogens with zero attached hydrogens (tertiary/aromatic N) is 2. The Labute approximate surface area is 116 Å². The van der Waals surface area contributed by atoms with Crippen molar-refractivity contribution in [3.8, 4) is 0 Å². The van der Waals surface area contributed by atoms with Crippen LogP contribution in [0.2, 0.25) is 5.02 Å². The van der Waals surface area contributed by atoms with Gasteiger partial charge in [-0.05, 0) is 25.1 Å². The van der Waals surface area contributed by atoms with Gasteiger partial charge in [-0.15, -0.1) is 10.2 Å². The normalized spacial score (nSPS) is 12.6. The average molecular weight is 282 g/mol. The Morgan fingerprint density at radius 3 is 2.83 bits per heavy atom. The molecule has 1 unspecified atom stereocenters. The molecular weight excluding hydrogens is 266 g/mol. The van der Waals surface area contributed by atoms with Gasteiger partial charge in [0.15, 0.2) is 0 Å². The lowest BCUT2D eigenvalue weighted by atomic mass is 10.2. The van der Waals surface area contributed by atoms with E-state index in [2.05, 4.69) is 29.4 Å². The molecule has 5 heteroatoms. The smallest absolute Gasteiger partial charge is 0.134 e. The highest BCUT2D eigenvalue weighted by molar-refractivity contribution is 7.11. The highest BCUT2D eigenvalue weighted by atomic mass is 35.5. The number of hydrogen-bond donors (Lipinski definition) is 1. The summed E-state index contributed by atoms with van der Waals surface area (Å²) in [6.45, 7) is 5.12. The van der Waals surface area contributed by atoms with Crippen LogP contribution in [0.5, 0.6) is 0 Å². The first-order chi connectivity index (χ1) is 8.70. The summed E-state index contributed by atoms with van der Waals surface area (Å²) < 4.78 is 0. The molecule has 2 aromatic rings. The minimum absolute atomic E-state index is 0.257. The number of aromatic nitrogens is 2. The third-order valence-electron chi connectivity index (χ3n) is 2.66. The molecule has 1 atom stereocenters. The molecule has 0 aliphatic rings. The van der Waals surface area contributed by atoms with Crippen molar-refractivity contribution >= 4 is 22.9 Å². The molecule has 96 valence electrons. The predicted octanol–water partition coefficient (Wildman–Crippen LogP) is 3.45. The predicted molar refractivity (Wildman–Crippen MR) is 76.3 cm³/mol. The van der Waals surface area contributed by atoms with Crippen LogP contribution in [0, 0.1) is 0 Å². The van der Waals surface area contributed by atoms with Crippen molar-refractivity contribution in [2.24, 2.45) is 0 Å². The minimum Gasteiger partial charge on any atom is -0.308 e. The average Bonchev–Trinajstić information content (AvgIpc) is 2.81. The van der Waals surface area contributed by atoms with E-state index in [1.54, 1.807) is 11.3 Å². The topological polar surface area (TPSA) is 37.8 Å². The molecule has 0 saturated carbocycles. The van der Waals surface area contributed by atoms with E-state index in [1.807, 2.05) is 24.3 Å². The lowest BCUT2D eigenvalue weighted by Crippen LogP contribution is -2.17. The van der Waals surface area contributed by atoms with Crippen molar-refractivity contribution in [2.45, 2.75) is 26.3 Å². The first-order valence-corrected chi connectivity index (χ1v) is 7.19. The Kier molecular flexibility index (Phi) is 4.69. The zero-order valence-corrected chi connectivity index (χ0v) is 12.1. The molecule has 0 radical (unpaired) electrons. The van der Waals surface area contributed by atoms with Gasteiger partial charge in [0, 0.05) is 11.4 Å². The molecule has 0 fully saturated rings. The summed E-state index contributed by atoms with van der Waals surface area (Å²) in [6.07, 6.45) is 0.746. The Balaban J connectivity index is 2.09. The van der Waals surface area contributed by atoms with Crippen molar-refractivity contribution in [3.63, 3.8) is 0 Å². The zero-order valence-electron chi connectivity index (χ0n) is 10.5. The van der Waals surface area contributed by atoms with E-state index in [1.165, 1.54) is 0 Å². The van der Waals surface area contributed by atoms with E-state index in [9.17, 15) is 0 Å². The van der Waals surface area contributed by atoms with Gasteiger partial charge >= 0.3 is 0 Å². The van der Waals surface area contributed by atoms with E-state index in [4.69, 9.17) is 11.6 Å². The third-order valence-corrected chi connectivity index (χ3v) is 4.14. The van der Waals surface area contributed by atoms with Gasteiger partial charge < -0.3 is 5.32 Å². The van der Waals surface area contributed by atoms with E-state index >= 15 is 0 Å². The largest absolute Gasteiger partial charge is 0.308 e. The molecule has 3 nitrogen and oxygen atoms in total. The number of nitrogens with one attached hydrogen (secondary N) is 1. The van der Waals surface area contributed by atoms with E-state index in [0.29, 0.717) is 0 Å². The molecule has 0 amide bonds. The van der Waals surface area contributed by atoms with Crippen LogP contribution >= 0.6 is 22.9 Å². The Morgan fingerprint density at radius 1 is 1.33 bits per heavy atom. The SMILES string of the molecule is CCNC(C)c1nnc(Cc2ccccc2Cl)s1. The summed E-state index contributed by atoms with van der Waals surface area (Å²) in [4.78, 5) is 0. The van der Waals surface area contributed by atoms with Crippen LogP contribution in [-0.2, 0) is 6.42 Å². The minimum atomic E-state index is 0.257. The second kappa shape index (κ2) is 6.27. The molecule has 0 spiro atoms. The molecule has 18 heavy (non-hydrogen) atoms. The van der Waals surface area contributed by atoms with Crippen molar-refractivity contribution in [1.29, 1.82) is 0 Å². The highest BCUT2D eigenvalue weighted by Crippen LogP contribution is 2.23. The summed E-state index contributed by atoms with van der Waals surface area (Å²) in [5.41, 5.74) is 1.10. The van der Waals surface area contributed by atoms with Crippen LogP contribution in [0.15, 0.2) is 24.3 Å². The highest BCUT2D eigenvalue weighted by Gasteiger charge is 2.11. The van der Waals surface area contributed by atoms with Crippen molar-refractivity contribution in [2.75, 3.05) is 6.54 Å². The summed E-state index contributed by atoms with van der Waals surface area (Å²) in [5, 5.41) is 14.6.